The number of carbonyl (C=O) groups excluding carboxylic acids is 1. The highest BCUT2D eigenvalue weighted by Gasteiger charge is 2.51. The van der Waals surface area contributed by atoms with E-state index in [1.54, 1.807) is 18.0 Å². The lowest BCUT2D eigenvalue weighted by Crippen LogP contribution is -2.43. The van der Waals surface area contributed by atoms with Gasteiger partial charge in [0.1, 0.15) is 0 Å². The molecule has 34 heavy (non-hydrogen) atoms. The molecule has 2 atom stereocenters. The Morgan fingerprint density at radius 3 is 2.97 bits per heavy atom. The zero-order chi connectivity index (χ0) is 23.4. The van der Waals surface area contributed by atoms with Crippen LogP contribution in [0.4, 0.5) is 0 Å². The standard InChI is InChI=1S/C30H39N3O/c1-23-8-4-5-10-25(27-14-18-32-28(27)13-12-23)20-24-9-3-2-6-19-33(30(21-24)15-16-30)29(34)26-11-7-17-31-22-26/h4,7-8,11,13-14,17-18,22-24,32H,2-3,5-6,9-10,12,15-16,19-21H2,1H3. The first kappa shape index (κ1) is 23.1. The highest BCUT2D eigenvalue weighted by Crippen LogP contribution is 2.49. The Kier molecular flexibility index (Phi) is 7.03. The molecular formula is C30H39N3O. The van der Waals surface area contributed by atoms with Crippen LogP contribution in [0.3, 0.4) is 0 Å². The maximum absolute atomic E-state index is 13.5. The largest absolute Gasteiger partial charge is 0.361 e. The van der Waals surface area contributed by atoms with Gasteiger partial charge in [0.25, 0.3) is 5.91 Å². The van der Waals surface area contributed by atoms with Gasteiger partial charge in [0.2, 0.25) is 0 Å². The molecule has 1 amide bonds. The zero-order valence-electron chi connectivity index (χ0n) is 20.6. The number of hydrogen-bond donors (Lipinski definition) is 1. The molecule has 2 aromatic rings. The van der Waals surface area contributed by atoms with E-state index >= 15 is 0 Å². The first-order valence-corrected chi connectivity index (χ1v) is 13.4. The number of aromatic nitrogens is 2. The maximum atomic E-state index is 13.5. The predicted molar refractivity (Wildman–Crippen MR) is 139 cm³/mol. The Balaban J connectivity index is 1.42. The van der Waals surface area contributed by atoms with E-state index in [0.29, 0.717) is 11.8 Å². The molecule has 1 saturated heterocycles. The molecule has 4 heteroatoms. The van der Waals surface area contributed by atoms with E-state index in [4.69, 9.17) is 0 Å². The molecule has 1 N–H and O–H groups in total. The van der Waals surface area contributed by atoms with E-state index in [0.717, 1.165) is 63.5 Å². The molecule has 5 rings (SSSR count). The van der Waals surface area contributed by atoms with E-state index < -0.39 is 0 Å². The summed E-state index contributed by atoms with van der Waals surface area (Å²) in [7, 11) is 0. The topological polar surface area (TPSA) is 49.0 Å². The Hall–Kier alpha value is -2.62. The van der Waals surface area contributed by atoms with Gasteiger partial charge in [-0.2, -0.15) is 0 Å². The number of allylic oxidation sites excluding steroid dienone is 2. The van der Waals surface area contributed by atoms with Gasteiger partial charge in [0.05, 0.1) is 5.56 Å². The molecule has 3 aliphatic rings. The van der Waals surface area contributed by atoms with Gasteiger partial charge < -0.3 is 9.88 Å². The Morgan fingerprint density at radius 2 is 2.15 bits per heavy atom. The molecule has 0 bridgehead atoms. The Bertz CT molecular complexity index is 1130. The Morgan fingerprint density at radius 1 is 1.24 bits per heavy atom. The van der Waals surface area contributed by atoms with Crippen LogP contribution in [0.5, 0.6) is 0 Å². The van der Waals surface area contributed by atoms with Gasteiger partial charge in [-0.25, -0.2) is 0 Å². The van der Waals surface area contributed by atoms with Crippen molar-refractivity contribution in [3.63, 3.8) is 0 Å². The summed E-state index contributed by atoms with van der Waals surface area (Å²) >= 11 is 0. The lowest BCUT2D eigenvalue weighted by molar-refractivity contribution is 0.0617. The van der Waals surface area contributed by atoms with Crippen molar-refractivity contribution in [2.45, 2.75) is 83.1 Å². The lowest BCUT2D eigenvalue weighted by atomic mass is 9.85. The van der Waals surface area contributed by atoms with Crippen LogP contribution in [0.25, 0.3) is 11.6 Å². The van der Waals surface area contributed by atoms with Gasteiger partial charge in [-0.05, 0) is 86.6 Å². The van der Waals surface area contributed by atoms with Gasteiger partial charge in [0, 0.05) is 36.0 Å². The van der Waals surface area contributed by atoms with Crippen molar-refractivity contribution in [1.29, 1.82) is 0 Å². The maximum Gasteiger partial charge on any atom is 0.255 e. The second kappa shape index (κ2) is 10.3. The molecular weight excluding hydrogens is 418 g/mol. The van der Waals surface area contributed by atoms with Crippen LogP contribution in [0, 0.1) is 11.8 Å². The van der Waals surface area contributed by atoms with Crippen molar-refractivity contribution >= 4 is 17.6 Å². The summed E-state index contributed by atoms with van der Waals surface area (Å²) in [5.74, 6) is 1.40. The number of H-pyrrole nitrogens is 1. The highest BCUT2D eigenvalue weighted by atomic mass is 16.2. The summed E-state index contributed by atoms with van der Waals surface area (Å²) in [6.07, 6.45) is 25.5. The predicted octanol–water partition coefficient (Wildman–Crippen LogP) is 5.36. The van der Waals surface area contributed by atoms with E-state index in [1.807, 2.05) is 12.1 Å². The van der Waals surface area contributed by atoms with Crippen molar-refractivity contribution in [3.05, 3.63) is 65.1 Å². The number of nitrogens with one attached hydrogen (secondary N) is 1. The van der Waals surface area contributed by atoms with Crippen LogP contribution in [0.15, 0.2) is 48.9 Å². The second-order valence-electron chi connectivity index (χ2n) is 10.8. The first-order valence-electron chi connectivity index (χ1n) is 13.4. The minimum Gasteiger partial charge on any atom is -0.361 e. The van der Waals surface area contributed by atoms with Crippen molar-refractivity contribution in [2.75, 3.05) is 6.54 Å². The van der Waals surface area contributed by atoms with E-state index in [2.05, 4.69) is 52.3 Å². The first-order chi connectivity index (χ1) is 16.6. The number of aromatic amines is 1. The molecule has 2 fully saturated rings. The minimum absolute atomic E-state index is 0.0565. The van der Waals surface area contributed by atoms with Crippen LogP contribution in [0.1, 0.15) is 87.9 Å². The molecule has 1 spiro atoms. The number of pyridine rings is 1. The van der Waals surface area contributed by atoms with E-state index in [9.17, 15) is 4.79 Å². The number of fused-ring (bicyclic) bond motifs is 1. The summed E-state index contributed by atoms with van der Waals surface area (Å²) in [5.41, 5.74) is 2.39. The van der Waals surface area contributed by atoms with Gasteiger partial charge in [-0.1, -0.05) is 50.0 Å². The molecule has 2 aliphatic carbocycles. The van der Waals surface area contributed by atoms with Crippen LogP contribution in [0.2, 0.25) is 0 Å². The van der Waals surface area contributed by atoms with Gasteiger partial charge in [-0.3, -0.25) is 9.78 Å². The van der Waals surface area contributed by atoms with Gasteiger partial charge in [0.15, 0.2) is 0 Å². The molecule has 2 aromatic heterocycles. The number of nitrogens with zero attached hydrogens (tertiary/aromatic N) is 2. The quantitative estimate of drug-likeness (QED) is 0.631. The fourth-order valence-electron chi connectivity index (χ4n) is 6.14. The summed E-state index contributed by atoms with van der Waals surface area (Å²) in [4.78, 5) is 23.5. The molecule has 1 aliphatic heterocycles. The van der Waals surface area contributed by atoms with Crippen LogP contribution >= 0.6 is 0 Å². The Labute approximate surface area is 203 Å². The lowest BCUT2D eigenvalue weighted by Gasteiger charge is -2.34. The monoisotopic (exact) mass is 457 g/mol. The van der Waals surface area contributed by atoms with Crippen molar-refractivity contribution < 1.29 is 4.79 Å². The normalized spacial score (nSPS) is 25.0. The summed E-state index contributed by atoms with van der Waals surface area (Å²) in [5, 5.41) is 2.73. The highest BCUT2D eigenvalue weighted by molar-refractivity contribution is 5.94. The van der Waals surface area contributed by atoms with Gasteiger partial charge >= 0.3 is 0 Å². The van der Waals surface area contributed by atoms with Crippen LogP contribution in [-0.2, 0) is 0 Å². The third-order valence-corrected chi connectivity index (χ3v) is 8.18. The smallest absolute Gasteiger partial charge is 0.255 e. The van der Waals surface area contributed by atoms with Crippen molar-refractivity contribution in [3.8, 4) is 0 Å². The fraction of sp³-hybridized carbons (Fsp3) is 0.533. The second-order valence-corrected chi connectivity index (χ2v) is 10.8. The van der Waals surface area contributed by atoms with Crippen molar-refractivity contribution in [1.82, 2.24) is 14.9 Å². The fourth-order valence-corrected chi connectivity index (χ4v) is 6.14. The van der Waals surface area contributed by atoms with Crippen LogP contribution < -0.4 is 10.6 Å². The molecule has 0 radical (unpaired) electrons. The van der Waals surface area contributed by atoms with Gasteiger partial charge in [-0.15, -0.1) is 0 Å². The minimum atomic E-state index is 0.0565. The van der Waals surface area contributed by atoms with Crippen molar-refractivity contribution in [2.24, 2.45) is 11.8 Å². The van der Waals surface area contributed by atoms with E-state index in [1.165, 1.54) is 29.8 Å². The zero-order valence-corrected chi connectivity index (χ0v) is 20.6. The third kappa shape index (κ3) is 5.21. The van der Waals surface area contributed by atoms with Crippen LogP contribution in [-0.4, -0.2) is 32.9 Å². The number of amides is 1. The molecule has 180 valence electrons. The summed E-state index contributed by atoms with van der Waals surface area (Å²) < 4.78 is 0. The summed E-state index contributed by atoms with van der Waals surface area (Å²) in [6, 6.07) is 6.09. The molecule has 1 saturated carbocycles. The number of carbonyl (C=O) groups is 1. The number of rotatable bonds is 3. The third-order valence-electron chi connectivity index (χ3n) is 8.18. The number of hydrogen-bond acceptors (Lipinski definition) is 2. The molecule has 0 aromatic carbocycles. The molecule has 3 heterocycles. The molecule has 4 nitrogen and oxygen atoms in total. The summed E-state index contributed by atoms with van der Waals surface area (Å²) in [6.45, 7) is 3.18. The SMILES string of the molecule is CC1C=CCCC(CC2CCCCCN(C(=O)c3cccnc3)C3(CC3)C2)=c2cc[nH]c2=CC1. The molecule has 2 unspecified atom stereocenters. The van der Waals surface area contributed by atoms with E-state index in [-0.39, 0.29) is 11.4 Å². The average Bonchev–Trinajstić information content (AvgIpc) is 3.44. The average molecular weight is 458 g/mol.